The van der Waals surface area contributed by atoms with Gasteiger partial charge in [0.05, 0.1) is 28.8 Å². The van der Waals surface area contributed by atoms with Crippen LogP contribution >= 0.6 is 11.6 Å². The first-order valence-corrected chi connectivity index (χ1v) is 10.9. The van der Waals surface area contributed by atoms with Gasteiger partial charge in [-0.1, -0.05) is 18.5 Å². The van der Waals surface area contributed by atoms with E-state index in [0.29, 0.717) is 17.1 Å². The number of likely N-dealkylation sites (N-methyl/N-ethyl adjacent to an activating group) is 1. The third kappa shape index (κ3) is 4.46. The summed E-state index contributed by atoms with van der Waals surface area (Å²) in [6.45, 7) is 6.92. The predicted molar refractivity (Wildman–Crippen MR) is 101 cm³/mol. The fraction of sp³-hybridized carbons (Fsp3) is 0.588. The summed E-state index contributed by atoms with van der Waals surface area (Å²) in [7, 11) is -3.08. The van der Waals surface area contributed by atoms with E-state index >= 15 is 0 Å². The van der Waals surface area contributed by atoms with Crippen LogP contribution in [0.25, 0.3) is 0 Å². The molecule has 6 nitrogen and oxygen atoms in total. The van der Waals surface area contributed by atoms with Crippen molar-refractivity contribution < 1.29 is 13.2 Å². The molecule has 2 heterocycles. The molecule has 2 aliphatic heterocycles. The molecule has 1 amide bonds. The van der Waals surface area contributed by atoms with Crippen LogP contribution in [-0.4, -0.2) is 63.5 Å². The molecule has 0 saturated carbocycles. The molecular weight excluding hydrogens is 362 g/mol. The van der Waals surface area contributed by atoms with Crippen molar-refractivity contribution in [2.75, 3.05) is 54.4 Å². The quantitative estimate of drug-likeness (QED) is 0.856. The van der Waals surface area contributed by atoms with Gasteiger partial charge in [0.2, 0.25) is 5.91 Å². The van der Waals surface area contributed by atoms with Crippen LogP contribution in [0.15, 0.2) is 18.2 Å². The van der Waals surface area contributed by atoms with E-state index in [0.717, 1.165) is 38.4 Å². The molecule has 2 fully saturated rings. The highest BCUT2D eigenvalue weighted by Crippen LogP contribution is 2.31. The number of amides is 1. The van der Waals surface area contributed by atoms with Crippen molar-refractivity contribution >= 4 is 38.7 Å². The summed E-state index contributed by atoms with van der Waals surface area (Å²) in [5.74, 6) is -0.693. The second kappa shape index (κ2) is 7.51. The molecule has 1 aromatic carbocycles. The molecule has 0 aromatic heterocycles. The lowest BCUT2D eigenvalue weighted by Crippen LogP contribution is -2.46. The standard InChI is InChI=1S/C17H24ClN3O3S/c1-2-20-6-8-21(9-7-20)16-4-3-14(18)11-15(16)19-17(22)13-5-10-25(23,24)12-13/h3-4,11,13H,2,5-10,12H2,1H3,(H,19,22). The molecule has 1 N–H and O–H groups in total. The Morgan fingerprint density at radius 3 is 2.60 bits per heavy atom. The van der Waals surface area contributed by atoms with Crippen molar-refractivity contribution in [3.05, 3.63) is 23.2 Å². The van der Waals surface area contributed by atoms with Gasteiger partial charge in [0.15, 0.2) is 9.84 Å². The number of anilines is 2. The lowest BCUT2D eigenvalue weighted by Gasteiger charge is -2.36. The Kier molecular flexibility index (Phi) is 5.55. The van der Waals surface area contributed by atoms with Crippen molar-refractivity contribution in [3.63, 3.8) is 0 Å². The molecule has 2 saturated heterocycles. The van der Waals surface area contributed by atoms with E-state index in [-0.39, 0.29) is 17.4 Å². The van der Waals surface area contributed by atoms with Crippen LogP contribution < -0.4 is 10.2 Å². The minimum atomic E-state index is -3.08. The monoisotopic (exact) mass is 385 g/mol. The summed E-state index contributed by atoms with van der Waals surface area (Å²) in [6.07, 6.45) is 0.388. The van der Waals surface area contributed by atoms with Gasteiger partial charge in [0.25, 0.3) is 0 Å². The molecule has 2 aliphatic rings. The molecule has 138 valence electrons. The Labute approximate surface area is 154 Å². The third-order valence-corrected chi connectivity index (χ3v) is 6.98. The largest absolute Gasteiger partial charge is 0.367 e. The Bertz CT molecular complexity index is 746. The minimum absolute atomic E-state index is 0.0656. The van der Waals surface area contributed by atoms with E-state index < -0.39 is 15.8 Å². The molecule has 0 radical (unpaired) electrons. The summed E-state index contributed by atoms with van der Waals surface area (Å²) < 4.78 is 23.2. The summed E-state index contributed by atoms with van der Waals surface area (Å²) in [5.41, 5.74) is 1.60. The van der Waals surface area contributed by atoms with E-state index in [1.807, 2.05) is 12.1 Å². The maximum atomic E-state index is 12.5. The van der Waals surface area contributed by atoms with Gasteiger partial charge < -0.3 is 15.1 Å². The molecule has 1 aromatic rings. The lowest BCUT2D eigenvalue weighted by atomic mass is 10.1. The minimum Gasteiger partial charge on any atom is -0.367 e. The number of nitrogens with zero attached hydrogens (tertiary/aromatic N) is 2. The number of carbonyl (C=O) groups excluding carboxylic acids is 1. The summed E-state index contributed by atoms with van der Waals surface area (Å²) in [6, 6.07) is 5.48. The van der Waals surface area contributed by atoms with Crippen molar-refractivity contribution in [1.29, 1.82) is 0 Å². The molecule has 1 unspecified atom stereocenters. The number of hydrogen-bond donors (Lipinski definition) is 1. The lowest BCUT2D eigenvalue weighted by molar-refractivity contribution is -0.119. The van der Waals surface area contributed by atoms with Gasteiger partial charge in [0, 0.05) is 31.2 Å². The van der Waals surface area contributed by atoms with Gasteiger partial charge in [-0.3, -0.25) is 4.79 Å². The van der Waals surface area contributed by atoms with E-state index in [1.165, 1.54) is 0 Å². The third-order valence-electron chi connectivity index (χ3n) is 4.98. The van der Waals surface area contributed by atoms with E-state index in [1.54, 1.807) is 6.07 Å². The van der Waals surface area contributed by atoms with Crippen LogP contribution in [0.1, 0.15) is 13.3 Å². The number of nitrogens with one attached hydrogen (secondary N) is 1. The summed E-state index contributed by atoms with van der Waals surface area (Å²) >= 11 is 6.12. The second-order valence-electron chi connectivity index (χ2n) is 6.67. The summed E-state index contributed by atoms with van der Waals surface area (Å²) in [4.78, 5) is 17.1. The molecule has 0 aliphatic carbocycles. The van der Waals surface area contributed by atoms with Crippen molar-refractivity contribution in [3.8, 4) is 0 Å². The van der Waals surface area contributed by atoms with Gasteiger partial charge in [-0.15, -0.1) is 0 Å². The van der Waals surface area contributed by atoms with Crippen molar-refractivity contribution in [1.82, 2.24) is 4.90 Å². The highest BCUT2D eigenvalue weighted by Gasteiger charge is 2.33. The van der Waals surface area contributed by atoms with E-state index in [2.05, 4.69) is 22.0 Å². The molecule has 25 heavy (non-hydrogen) atoms. The molecule has 3 rings (SSSR count). The number of hydrogen-bond acceptors (Lipinski definition) is 5. The zero-order chi connectivity index (χ0) is 18.0. The van der Waals surface area contributed by atoms with Crippen LogP contribution in [0.3, 0.4) is 0 Å². The van der Waals surface area contributed by atoms with Gasteiger partial charge in [0.1, 0.15) is 0 Å². The van der Waals surface area contributed by atoms with Gasteiger partial charge in [-0.2, -0.15) is 0 Å². The average Bonchev–Trinajstić information content (AvgIpc) is 2.95. The van der Waals surface area contributed by atoms with Crippen LogP contribution in [-0.2, 0) is 14.6 Å². The van der Waals surface area contributed by atoms with E-state index in [9.17, 15) is 13.2 Å². The fourth-order valence-electron chi connectivity index (χ4n) is 3.43. The van der Waals surface area contributed by atoms with Crippen LogP contribution in [0, 0.1) is 5.92 Å². The van der Waals surface area contributed by atoms with Crippen LogP contribution in [0.2, 0.25) is 5.02 Å². The molecule has 8 heteroatoms. The van der Waals surface area contributed by atoms with Gasteiger partial charge in [-0.05, 0) is 31.2 Å². The molecule has 1 atom stereocenters. The topological polar surface area (TPSA) is 69.7 Å². The van der Waals surface area contributed by atoms with Crippen LogP contribution in [0.5, 0.6) is 0 Å². The fourth-order valence-corrected chi connectivity index (χ4v) is 5.34. The smallest absolute Gasteiger partial charge is 0.228 e. The number of rotatable bonds is 4. The Morgan fingerprint density at radius 1 is 1.28 bits per heavy atom. The molecule has 0 bridgehead atoms. The molecule has 0 spiro atoms. The maximum Gasteiger partial charge on any atom is 0.228 e. The number of carbonyl (C=O) groups is 1. The zero-order valence-electron chi connectivity index (χ0n) is 14.4. The van der Waals surface area contributed by atoms with E-state index in [4.69, 9.17) is 11.6 Å². The highest BCUT2D eigenvalue weighted by molar-refractivity contribution is 7.91. The second-order valence-corrected chi connectivity index (χ2v) is 9.34. The molecular formula is C17H24ClN3O3S. The number of benzene rings is 1. The zero-order valence-corrected chi connectivity index (χ0v) is 15.9. The SMILES string of the molecule is CCN1CCN(c2ccc(Cl)cc2NC(=O)C2CCS(=O)(=O)C2)CC1. The first-order chi connectivity index (χ1) is 11.9. The normalized spacial score (nSPS) is 23.6. The number of halogens is 1. The number of sulfone groups is 1. The Morgan fingerprint density at radius 2 is 2.00 bits per heavy atom. The highest BCUT2D eigenvalue weighted by atomic mass is 35.5. The van der Waals surface area contributed by atoms with Gasteiger partial charge in [-0.25, -0.2) is 8.42 Å². The first kappa shape index (κ1) is 18.5. The predicted octanol–water partition coefficient (Wildman–Crippen LogP) is 1.86. The van der Waals surface area contributed by atoms with Crippen molar-refractivity contribution in [2.45, 2.75) is 13.3 Å². The summed E-state index contributed by atoms with van der Waals surface area (Å²) in [5, 5.41) is 3.46. The van der Waals surface area contributed by atoms with Gasteiger partial charge >= 0.3 is 0 Å². The first-order valence-electron chi connectivity index (χ1n) is 8.66. The number of piperazine rings is 1. The Hall–Kier alpha value is -1.31. The maximum absolute atomic E-state index is 12.5. The van der Waals surface area contributed by atoms with Crippen molar-refractivity contribution in [2.24, 2.45) is 5.92 Å². The van der Waals surface area contributed by atoms with Crippen LogP contribution in [0.4, 0.5) is 11.4 Å². The Balaban J connectivity index is 1.75. The average molecular weight is 386 g/mol.